The first-order valence-electron chi connectivity index (χ1n) is 7.23. The van der Waals surface area contributed by atoms with E-state index < -0.39 is 0 Å². The van der Waals surface area contributed by atoms with Gasteiger partial charge in [-0.2, -0.15) is 0 Å². The standard InChI is InChI=1S/C19H16N2O/c20-17-10-12(5-8-18(17)22)14-6-7-15-13-4-2-1-3-11(13)9-16(15)19(14)21/h1-8,10,22H,9,20-21H2. The summed E-state index contributed by atoms with van der Waals surface area (Å²) >= 11 is 0. The Kier molecular flexibility index (Phi) is 2.63. The van der Waals surface area contributed by atoms with Crippen LogP contribution in [0.15, 0.2) is 54.6 Å². The minimum Gasteiger partial charge on any atom is -0.506 e. The van der Waals surface area contributed by atoms with E-state index >= 15 is 0 Å². The van der Waals surface area contributed by atoms with Crippen LogP contribution < -0.4 is 11.5 Å². The number of fused-ring (bicyclic) bond motifs is 3. The van der Waals surface area contributed by atoms with Gasteiger partial charge in [-0.05, 0) is 39.9 Å². The maximum absolute atomic E-state index is 9.58. The van der Waals surface area contributed by atoms with Gasteiger partial charge in [0, 0.05) is 17.7 Å². The van der Waals surface area contributed by atoms with Gasteiger partial charge >= 0.3 is 0 Å². The largest absolute Gasteiger partial charge is 0.506 e. The van der Waals surface area contributed by atoms with Crippen LogP contribution >= 0.6 is 0 Å². The number of hydrogen-bond donors (Lipinski definition) is 3. The SMILES string of the molecule is Nc1cc(-c2ccc3c(c2N)Cc2ccccc2-3)ccc1O. The predicted octanol–water partition coefficient (Wildman–Crippen LogP) is 3.79. The van der Waals surface area contributed by atoms with Gasteiger partial charge in [-0.3, -0.25) is 0 Å². The number of hydrogen-bond acceptors (Lipinski definition) is 3. The zero-order chi connectivity index (χ0) is 15.3. The Morgan fingerprint density at radius 3 is 2.41 bits per heavy atom. The van der Waals surface area contributed by atoms with Crippen molar-refractivity contribution in [2.24, 2.45) is 0 Å². The summed E-state index contributed by atoms with van der Waals surface area (Å²) in [5, 5.41) is 9.58. The van der Waals surface area contributed by atoms with Gasteiger partial charge in [0.25, 0.3) is 0 Å². The fraction of sp³-hybridized carbons (Fsp3) is 0.0526. The van der Waals surface area contributed by atoms with Gasteiger partial charge in [0.05, 0.1) is 5.69 Å². The number of aromatic hydroxyl groups is 1. The van der Waals surface area contributed by atoms with Crippen molar-refractivity contribution < 1.29 is 5.11 Å². The smallest absolute Gasteiger partial charge is 0.138 e. The van der Waals surface area contributed by atoms with Crippen LogP contribution in [-0.4, -0.2) is 5.11 Å². The molecule has 5 N–H and O–H groups in total. The lowest BCUT2D eigenvalue weighted by Gasteiger charge is -2.12. The third kappa shape index (κ3) is 1.76. The quantitative estimate of drug-likeness (QED) is 0.368. The Balaban J connectivity index is 1.88. The number of rotatable bonds is 1. The molecule has 3 nitrogen and oxygen atoms in total. The maximum atomic E-state index is 9.58. The van der Waals surface area contributed by atoms with E-state index in [0.29, 0.717) is 5.69 Å². The summed E-state index contributed by atoms with van der Waals surface area (Å²) in [6.45, 7) is 0. The molecule has 108 valence electrons. The van der Waals surface area contributed by atoms with Crippen LogP contribution in [0.25, 0.3) is 22.3 Å². The van der Waals surface area contributed by atoms with Gasteiger partial charge in [0.1, 0.15) is 5.75 Å². The number of nitrogen functional groups attached to an aromatic ring is 2. The Morgan fingerprint density at radius 2 is 1.59 bits per heavy atom. The highest BCUT2D eigenvalue weighted by atomic mass is 16.3. The second kappa shape index (κ2) is 4.53. The Hall–Kier alpha value is -2.94. The Bertz CT molecular complexity index is 900. The Labute approximate surface area is 128 Å². The fourth-order valence-corrected chi connectivity index (χ4v) is 3.21. The molecular weight excluding hydrogens is 272 g/mol. The molecule has 0 heterocycles. The van der Waals surface area contributed by atoms with Crippen LogP contribution in [0.2, 0.25) is 0 Å². The molecule has 0 aliphatic heterocycles. The van der Waals surface area contributed by atoms with Crippen molar-refractivity contribution in [2.75, 3.05) is 11.5 Å². The molecule has 0 aromatic heterocycles. The van der Waals surface area contributed by atoms with E-state index in [1.54, 1.807) is 12.1 Å². The molecule has 0 atom stereocenters. The van der Waals surface area contributed by atoms with Gasteiger partial charge in [-0.25, -0.2) is 0 Å². The average Bonchev–Trinajstić information content (AvgIpc) is 2.90. The third-order valence-corrected chi connectivity index (χ3v) is 4.37. The monoisotopic (exact) mass is 288 g/mol. The van der Waals surface area contributed by atoms with Crippen molar-refractivity contribution in [3.8, 4) is 28.0 Å². The molecule has 0 fully saturated rings. The second-order valence-electron chi connectivity index (χ2n) is 5.66. The van der Waals surface area contributed by atoms with E-state index in [4.69, 9.17) is 11.5 Å². The maximum Gasteiger partial charge on any atom is 0.138 e. The summed E-state index contributed by atoms with van der Waals surface area (Å²) in [6.07, 6.45) is 0.860. The van der Waals surface area contributed by atoms with Crippen LogP contribution in [0.3, 0.4) is 0 Å². The molecule has 3 heteroatoms. The van der Waals surface area contributed by atoms with Crippen molar-refractivity contribution in [1.82, 2.24) is 0 Å². The molecule has 0 saturated heterocycles. The fourth-order valence-electron chi connectivity index (χ4n) is 3.21. The molecule has 0 amide bonds. The minimum absolute atomic E-state index is 0.0934. The zero-order valence-electron chi connectivity index (χ0n) is 12.0. The number of nitrogens with two attached hydrogens (primary N) is 2. The summed E-state index contributed by atoms with van der Waals surface area (Å²) < 4.78 is 0. The molecule has 22 heavy (non-hydrogen) atoms. The lowest BCUT2D eigenvalue weighted by atomic mass is 9.96. The van der Waals surface area contributed by atoms with Gasteiger partial charge in [-0.1, -0.05) is 42.5 Å². The number of phenolic OH excluding ortho intramolecular Hbond substituents is 1. The van der Waals surface area contributed by atoms with Crippen molar-refractivity contribution in [3.63, 3.8) is 0 Å². The topological polar surface area (TPSA) is 72.3 Å². The van der Waals surface area contributed by atoms with E-state index in [1.807, 2.05) is 12.1 Å². The normalized spacial score (nSPS) is 12.0. The Morgan fingerprint density at radius 1 is 0.818 bits per heavy atom. The highest BCUT2D eigenvalue weighted by Gasteiger charge is 2.21. The molecule has 0 saturated carbocycles. The molecule has 4 rings (SSSR count). The molecule has 0 spiro atoms. The van der Waals surface area contributed by atoms with E-state index in [-0.39, 0.29) is 5.75 Å². The van der Waals surface area contributed by atoms with Crippen LogP contribution in [-0.2, 0) is 6.42 Å². The van der Waals surface area contributed by atoms with Gasteiger partial charge in [0.2, 0.25) is 0 Å². The van der Waals surface area contributed by atoms with E-state index in [9.17, 15) is 5.11 Å². The predicted molar refractivity (Wildman–Crippen MR) is 90.6 cm³/mol. The first-order chi connectivity index (χ1) is 10.6. The average molecular weight is 288 g/mol. The highest BCUT2D eigenvalue weighted by Crippen LogP contribution is 2.43. The highest BCUT2D eigenvalue weighted by molar-refractivity contribution is 5.90. The van der Waals surface area contributed by atoms with Crippen molar-refractivity contribution in [2.45, 2.75) is 6.42 Å². The first kappa shape index (κ1) is 12.8. The molecular formula is C19H16N2O. The summed E-state index contributed by atoms with van der Waals surface area (Å²) in [6, 6.07) is 17.7. The van der Waals surface area contributed by atoms with Crippen LogP contribution in [0, 0.1) is 0 Å². The van der Waals surface area contributed by atoms with Crippen molar-refractivity contribution in [1.29, 1.82) is 0 Å². The molecule has 0 unspecified atom stereocenters. The zero-order valence-corrected chi connectivity index (χ0v) is 12.0. The number of phenols is 1. The number of benzene rings is 3. The first-order valence-corrected chi connectivity index (χ1v) is 7.23. The molecule has 3 aromatic rings. The van der Waals surface area contributed by atoms with Gasteiger partial charge in [0.15, 0.2) is 0 Å². The second-order valence-corrected chi connectivity index (χ2v) is 5.66. The molecule has 1 aliphatic carbocycles. The number of anilines is 2. The van der Waals surface area contributed by atoms with E-state index in [2.05, 4.69) is 30.3 Å². The summed E-state index contributed by atoms with van der Waals surface area (Å²) in [5.41, 5.74) is 20.2. The third-order valence-electron chi connectivity index (χ3n) is 4.37. The van der Waals surface area contributed by atoms with Crippen LogP contribution in [0.1, 0.15) is 11.1 Å². The van der Waals surface area contributed by atoms with Crippen molar-refractivity contribution in [3.05, 3.63) is 65.7 Å². The minimum atomic E-state index is 0.0934. The van der Waals surface area contributed by atoms with Gasteiger partial charge in [-0.15, -0.1) is 0 Å². The lowest BCUT2D eigenvalue weighted by Crippen LogP contribution is -1.97. The molecule has 1 aliphatic rings. The summed E-state index contributed by atoms with van der Waals surface area (Å²) in [5.74, 6) is 0.0934. The van der Waals surface area contributed by atoms with Gasteiger partial charge < -0.3 is 16.6 Å². The van der Waals surface area contributed by atoms with E-state index in [0.717, 1.165) is 23.2 Å². The summed E-state index contributed by atoms with van der Waals surface area (Å²) in [4.78, 5) is 0. The van der Waals surface area contributed by atoms with E-state index in [1.165, 1.54) is 22.3 Å². The molecule has 0 bridgehead atoms. The molecule has 0 radical (unpaired) electrons. The summed E-state index contributed by atoms with van der Waals surface area (Å²) in [7, 11) is 0. The van der Waals surface area contributed by atoms with Crippen LogP contribution in [0.4, 0.5) is 11.4 Å². The van der Waals surface area contributed by atoms with Crippen LogP contribution in [0.5, 0.6) is 5.75 Å². The lowest BCUT2D eigenvalue weighted by molar-refractivity contribution is 0.478. The van der Waals surface area contributed by atoms with Crippen molar-refractivity contribution >= 4 is 11.4 Å². The molecule has 3 aromatic carbocycles.